The third-order valence-corrected chi connectivity index (χ3v) is 5.69. The number of fused-ring (bicyclic) bond motifs is 1. The Balaban J connectivity index is 1.78. The Morgan fingerprint density at radius 1 is 1.03 bits per heavy atom. The lowest BCUT2D eigenvalue weighted by atomic mass is 10.1. The molecule has 3 rings (SSSR count). The molecule has 0 bridgehead atoms. The third kappa shape index (κ3) is 5.18. The number of hydrogen-bond acceptors (Lipinski definition) is 3. The Bertz CT molecular complexity index is 1110. The fourth-order valence-electron chi connectivity index (χ4n) is 4.33. The number of rotatable bonds is 8. The van der Waals surface area contributed by atoms with Gasteiger partial charge in [0, 0.05) is 30.6 Å². The molecule has 6 heteroatoms. The van der Waals surface area contributed by atoms with Crippen LogP contribution in [-0.2, 0) is 17.8 Å². The van der Waals surface area contributed by atoms with Crippen LogP contribution in [0.2, 0.25) is 0 Å². The van der Waals surface area contributed by atoms with E-state index in [9.17, 15) is 9.59 Å². The zero-order chi connectivity index (χ0) is 23.4. The summed E-state index contributed by atoms with van der Waals surface area (Å²) in [6, 6.07) is 13.9. The van der Waals surface area contributed by atoms with Crippen LogP contribution in [0.3, 0.4) is 0 Å². The molecule has 6 nitrogen and oxygen atoms in total. The molecule has 0 aliphatic carbocycles. The molecule has 0 aliphatic rings. The van der Waals surface area contributed by atoms with E-state index in [1.807, 2.05) is 93.5 Å². The summed E-state index contributed by atoms with van der Waals surface area (Å²) in [6.45, 7) is 12.8. The summed E-state index contributed by atoms with van der Waals surface area (Å²) in [5.41, 5.74) is 4.57. The van der Waals surface area contributed by atoms with Crippen molar-refractivity contribution in [3.63, 3.8) is 0 Å². The molecule has 0 radical (unpaired) electrons. The van der Waals surface area contributed by atoms with E-state index in [-0.39, 0.29) is 30.4 Å². The fourth-order valence-corrected chi connectivity index (χ4v) is 4.33. The molecule has 32 heavy (non-hydrogen) atoms. The highest BCUT2D eigenvalue weighted by atomic mass is 16.2. The molecule has 2 amide bonds. The predicted molar refractivity (Wildman–Crippen MR) is 129 cm³/mol. The molecule has 0 saturated heterocycles. The van der Waals surface area contributed by atoms with Crippen LogP contribution in [0.4, 0.5) is 0 Å². The molecule has 1 aromatic heterocycles. The first-order valence-corrected chi connectivity index (χ1v) is 11.3. The van der Waals surface area contributed by atoms with E-state index < -0.39 is 0 Å². The lowest BCUT2D eigenvalue weighted by Crippen LogP contribution is -2.43. The second-order valence-corrected chi connectivity index (χ2v) is 8.92. The summed E-state index contributed by atoms with van der Waals surface area (Å²) in [5, 5.41) is 3.00. The highest BCUT2D eigenvalue weighted by molar-refractivity contribution is 5.95. The lowest BCUT2D eigenvalue weighted by Gasteiger charge is -2.31. The molecular formula is C26H34N4O2. The van der Waals surface area contributed by atoms with E-state index in [2.05, 4.69) is 5.32 Å². The zero-order valence-electron chi connectivity index (χ0n) is 20.0. The monoisotopic (exact) mass is 434 g/mol. The summed E-state index contributed by atoms with van der Waals surface area (Å²) in [5.74, 6) is 0.777. The number of nitrogens with one attached hydrogen (secondary N) is 1. The molecule has 2 aromatic carbocycles. The number of para-hydroxylation sites is 2. The van der Waals surface area contributed by atoms with Crippen molar-refractivity contribution in [1.82, 2.24) is 19.8 Å². The maximum Gasteiger partial charge on any atom is 0.251 e. The van der Waals surface area contributed by atoms with Gasteiger partial charge < -0.3 is 14.8 Å². The van der Waals surface area contributed by atoms with Crippen molar-refractivity contribution >= 4 is 22.8 Å². The Morgan fingerprint density at radius 3 is 2.38 bits per heavy atom. The number of benzene rings is 2. The van der Waals surface area contributed by atoms with Crippen LogP contribution in [0.15, 0.2) is 42.5 Å². The Kier molecular flexibility index (Phi) is 7.33. The normalized spacial score (nSPS) is 11.4. The molecule has 170 valence electrons. The first kappa shape index (κ1) is 23.5. The van der Waals surface area contributed by atoms with Crippen molar-refractivity contribution in [3.8, 4) is 0 Å². The summed E-state index contributed by atoms with van der Waals surface area (Å²) in [6.07, 6.45) is 0.544. The van der Waals surface area contributed by atoms with Crippen molar-refractivity contribution in [1.29, 1.82) is 0 Å². The van der Waals surface area contributed by atoms with Crippen molar-refractivity contribution in [3.05, 3.63) is 65.0 Å². The smallest absolute Gasteiger partial charge is 0.251 e. The predicted octanol–water partition coefficient (Wildman–Crippen LogP) is 4.27. The highest BCUT2D eigenvalue weighted by Gasteiger charge is 2.22. The van der Waals surface area contributed by atoms with Crippen molar-refractivity contribution in [2.24, 2.45) is 0 Å². The average Bonchev–Trinajstić information content (AvgIpc) is 3.04. The Hall–Kier alpha value is -3.15. The largest absolute Gasteiger partial charge is 0.352 e. The van der Waals surface area contributed by atoms with Gasteiger partial charge in [-0.2, -0.15) is 0 Å². The van der Waals surface area contributed by atoms with Gasteiger partial charge in [0.15, 0.2) is 0 Å². The number of amides is 2. The lowest BCUT2D eigenvalue weighted by molar-refractivity contribution is -0.135. The minimum atomic E-state index is -0.0907. The van der Waals surface area contributed by atoms with Gasteiger partial charge in [0.25, 0.3) is 5.91 Å². The zero-order valence-corrected chi connectivity index (χ0v) is 20.0. The Labute approximate surface area is 190 Å². The van der Waals surface area contributed by atoms with Gasteiger partial charge in [0.2, 0.25) is 5.91 Å². The summed E-state index contributed by atoms with van der Waals surface area (Å²) in [4.78, 5) is 32.4. The molecule has 0 saturated carbocycles. The minimum Gasteiger partial charge on any atom is -0.352 e. The van der Waals surface area contributed by atoms with Gasteiger partial charge in [-0.1, -0.05) is 29.8 Å². The number of aryl methyl sites for hydroxylation is 2. The molecule has 1 heterocycles. The van der Waals surface area contributed by atoms with Crippen LogP contribution in [-0.4, -0.2) is 44.9 Å². The minimum absolute atomic E-state index is 0.0683. The molecule has 0 fully saturated rings. The summed E-state index contributed by atoms with van der Waals surface area (Å²) < 4.78 is 1.98. The molecule has 0 aliphatic heterocycles. The van der Waals surface area contributed by atoms with E-state index in [0.717, 1.165) is 28.0 Å². The molecular weight excluding hydrogens is 400 g/mol. The van der Waals surface area contributed by atoms with Gasteiger partial charge in [-0.25, -0.2) is 4.98 Å². The van der Waals surface area contributed by atoms with Crippen LogP contribution < -0.4 is 5.32 Å². The maximum absolute atomic E-state index is 13.1. The van der Waals surface area contributed by atoms with Crippen molar-refractivity contribution in [2.45, 2.75) is 66.6 Å². The molecule has 1 N–H and O–H groups in total. The number of carbonyl (C=O) groups excluding carboxylic acids is 2. The first-order chi connectivity index (χ1) is 15.2. The quantitative estimate of drug-likeness (QED) is 0.576. The van der Waals surface area contributed by atoms with Crippen LogP contribution >= 0.6 is 0 Å². The highest BCUT2D eigenvalue weighted by Crippen LogP contribution is 2.18. The van der Waals surface area contributed by atoms with Gasteiger partial charge in [0.1, 0.15) is 12.4 Å². The standard InChI is InChI=1S/C26H34N4O2/c1-17(2)30(18(3)4)25(31)16-29-23-10-8-7-9-22(23)28-24(29)13-14-27-26(32)21-12-11-19(5)15-20(21)6/h7-12,15,17-18H,13-14,16H2,1-6H3,(H,27,32). The number of hydrogen-bond donors (Lipinski definition) is 1. The maximum atomic E-state index is 13.1. The second-order valence-electron chi connectivity index (χ2n) is 8.92. The van der Waals surface area contributed by atoms with Gasteiger partial charge in [-0.05, 0) is 65.3 Å². The molecule has 0 atom stereocenters. The second kappa shape index (κ2) is 9.98. The number of carbonyl (C=O) groups is 2. The van der Waals surface area contributed by atoms with E-state index in [1.54, 1.807) is 0 Å². The van der Waals surface area contributed by atoms with Gasteiger partial charge in [-0.3, -0.25) is 9.59 Å². The first-order valence-electron chi connectivity index (χ1n) is 11.3. The average molecular weight is 435 g/mol. The van der Waals surface area contributed by atoms with Gasteiger partial charge in [-0.15, -0.1) is 0 Å². The van der Waals surface area contributed by atoms with E-state index in [4.69, 9.17) is 4.98 Å². The number of aromatic nitrogens is 2. The van der Waals surface area contributed by atoms with Crippen molar-refractivity contribution in [2.75, 3.05) is 6.54 Å². The molecule has 3 aromatic rings. The SMILES string of the molecule is Cc1ccc(C(=O)NCCc2nc3ccccc3n2CC(=O)N(C(C)C)C(C)C)c(C)c1. The van der Waals surface area contributed by atoms with E-state index in [1.165, 1.54) is 0 Å². The van der Waals surface area contributed by atoms with Crippen LogP contribution in [0.25, 0.3) is 11.0 Å². The topological polar surface area (TPSA) is 67.2 Å². The van der Waals surface area contributed by atoms with E-state index >= 15 is 0 Å². The third-order valence-electron chi connectivity index (χ3n) is 5.69. The van der Waals surface area contributed by atoms with Crippen LogP contribution in [0.5, 0.6) is 0 Å². The summed E-state index contributed by atoms with van der Waals surface area (Å²) >= 11 is 0. The van der Waals surface area contributed by atoms with Crippen LogP contribution in [0, 0.1) is 13.8 Å². The molecule has 0 unspecified atom stereocenters. The van der Waals surface area contributed by atoms with Gasteiger partial charge in [0.05, 0.1) is 11.0 Å². The Morgan fingerprint density at radius 2 is 1.72 bits per heavy atom. The fraction of sp³-hybridized carbons (Fsp3) is 0.423. The number of nitrogens with zero attached hydrogens (tertiary/aromatic N) is 3. The summed E-state index contributed by atoms with van der Waals surface area (Å²) in [7, 11) is 0. The van der Waals surface area contributed by atoms with Crippen molar-refractivity contribution < 1.29 is 9.59 Å². The number of imidazole rings is 1. The van der Waals surface area contributed by atoms with E-state index in [0.29, 0.717) is 18.5 Å². The van der Waals surface area contributed by atoms with Gasteiger partial charge >= 0.3 is 0 Å². The van der Waals surface area contributed by atoms with Crippen LogP contribution in [0.1, 0.15) is 55.0 Å². The molecule has 0 spiro atoms.